The molecule has 1 aromatic heterocycles. The topological polar surface area (TPSA) is 77.8 Å². The zero-order valence-electron chi connectivity index (χ0n) is 14.6. The molecule has 134 valence electrons. The molecule has 5 heteroatoms. The molecule has 1 aliphatic carbocycles. The van der Waals surface area contributed by atoms with Crippen molar-refractivity contribution in [1.82, 2.24) is 15.3 Å². The molecular formula is C21H23N3O2. The molecule has 26 heavy (non-hydrogen) atoms. The largest absolute Gasteiger partial charge is 0.356 e. The highest BCUT2D eigenvalue weighted by atomic mass is 16.1. The number of aromatic nitrogens is 2. The van der Waals surface area contributed by atoms with Gasteiger partial charge in [0.25, 0.3) is 0 Å². The van der Waals surface area contributed by atoms with E-state index in [1.807, 2.05) is 24.3 Å². The van der Waals surface area contributed by atoms with Gasteiger partial charge in [0.15, 0.2) is 0 Å². The molecule has 1 fully saturated rings. The third-order valence-corrected chi connectivity index (χ3v) is 5.16. The van der Waals surface area contributed by atoms with Gasteiger partial charge in [-0.05, 0) is 54.4 Å². The van der Waals surface area contributed by atoms with E-state index in [1.54, 1.807) is 0 Å². The van der Waals surface area contributed by atoms with Gasteiger partial charge >= 0.3 is 5.69 Å². The zero-order valence-corrected chi connectivity index (χ0v) is 14.6. The second-order valence-corrected chi connectivity index (χ2v) is 7.13. The third kappa shape index (κ3) is 3.87. The van der Waals surface area contributed by atoms with Gasteiger partial charge in [-0.15, -0.1) is 0 Å². The number of aryl methyl sites for hydroxylation is 1. The Kier molecular flexibility index (Phi) is 4.61. The second kappa shape index (κ2) is 7.20. The lowest BCUT2D eigenvalue weighted by Crippen LogP contribution is -2.25. The van der Waals surface area contributed by atoms with Crippen molar-refractivity contribution in [3.8, 4) is 0 Å². The summed E-state index contributed by atoms with van der Waals surface area (Å²) in [5.74, 6) is 1.31. The first-order valence-corrected chi connectivity index (χ1v) is 9.21. The van der Waals surface area contributed by atoms with E-state index in [4.69, 9.17) is 0 Å². The lowest BCUT2D eigenvalue weighted by atomic mass is 10.1. The van der Waals surface area contributed by atoms with Crippen LogP contribution < -0.4 is 11.0 Å². The summed E-state index contributed by atoms with van der Waals surface area (Å²) < 4.78 is 0. The SMILES string of the molecule is O=C(CCCc1ccc2[nH]c(=O)[nH]c2c1)NCC1CC1c1ccccc1. The lowest BCUT2D eigenvalue weighted by molar-refractivity contribution is -0.121. The summed E-state index contributed by atoms with van der Waals surface area (Å²) in [4.78, 5) is 28.8. The maximum Gasteiger partial charge on any atom is 0.323 e. The lowest BCUT2D eigenvalue weighted by Gasteiger charge is -2.06. The number of aromatic amines is 2. The average Bonchev–Trinajstić information content (AvgIpc) is 3.33. The summed E-state index contributed by atoms with van der Waals surface area (Å²) in [7, 11) is 0. The van der Waals surface area contributed by atoms with Gasteiger partial charge < -0.3 is 15.3 Å². The van der Waals surface area contributed by atoms with Crippen molar-refractivity contribution in [3.63, 3.8) is 0 Å². The summed E-state index contributed by atoms with van der Waals surface area (Å²) in [6.45, 7) is 0.773. The zero-order chi connectivity index (χ0) is 17.9. The van der Waals surface area contributed by atoms with Crippen LogP contribution in [0.5, 0.6) is 0 Å². The minimum Gasteiger partial charge on any atom is -0.356 e. The highest BCUT2D eigenvalue weighted by Crippen LogP contribution is 2.46. The van der Waals surface area contributed by atoms with Gasteiger partial charge in [-0.1, -0.05) is 36.4 Å². The van der Waals surface area contributed by atoms with Crippen molar-refractivity contribution in [2.24, 2.45) is 5.92 Å². The Morgan fingerprint density at radius 1 is 1.08 bits per heavy atom. The van der Waals surface area contributed by atoms with Gasteiger partial charge in [0.05, 0.1) is 11.0 Å². The minimum atomic E-state index is -0.189. The van der Waals surface area contributed by atoms with Crippen LogP contribution in [-0.2, 0) is 11.2 Å². The van der Waals surface area contributed by atoms with E-state index in [-0.39, 0.29) is 11.6 Å². The Morgan fingerprint density at radius 2 is 1.88 bits per heavy atom. The van der Waals surface area contributed by atoms with Crippen molar-refractivity contribution in [2.45, 2.75) is 31.6 Å². The first-order valence-electron chi connectivity index (χ1n) is 9.21. The highest BCUT2D eigenvalue weighted by molar-refractivity contribution is 5.76. The van der Waals surface area contributed by atoms with Crippen LogP contribution >= 0.6 is 0 Å². The molecule has 0 spiro atoms. The van der Waals surface area contributed by atoms with Crippen LogP contribution in [0, 0.1) is 5.92 Å². The Hall–Kier alpha value is -2.82. The Balaban J connectivity index is 1.19. The third-order valence-electron chi connectivity index (χ3n) is 5.16. The van der Waals surface area contributed by atoms with Crippen molar-refractivity contribution in [1.29, 1.82) is 0 Å². The molecule has 3 aromatic rings. The van der Waals surface area contributed by atoms with Crippen LogP contribution in [0.25, 0.3) is 11.0 Å². The molecule has 5 nitrogen and oxygen atoms in total. The molecule has 1 heterocycles. The van der Waals surface area contributed by atoms with Crippen LogP contribution in [0.2, 0.25) is 0 Å². The monoisotopic (exact) mass is 349 g/mol. The number of nitrogens with one attached hydrogen (secondary N) is 3. The maximum atomic E-state index is 12.1. The smallest absolute Gasteiger partial charge is 0.323 e. The van der Waals surface area contributed by atoms with Crippen molar-refractivity contribution in [3.05, 3.63) is 70.1 Å². The summed E-state index contributed by atoms with van der Waals surface area (Å²) in [5.41, 5.74) is 3.95. The fourth-order valence-electron chi connectivity index (χ4n) is 3.60. The number of carbonyl (C=O) groups is 1. The van der Waals surface area contributed by atoms with Gasteiger partial charge in [-0.2, -0.15) is 0 Å². The van der Waals surface area contributed by atoms with Crippen molar-refractivity contribution in [2.75, 3.05) is 6.54 Å². The Labute approximate surface area is 151 Å². The molecule has 2 atom stereocenters. The number of benzene rings is 2. The first-order chi connectivity index (χ1) is 12.7. The van der Waals surface area contributed by atoms with Crippen LogP contribution in [-0.4, -0.2) is 22.4 Å². The summed E-state index contributed by atoms with van der Waals surface area (Å²) in [5, 5.41) is 3.07. The molecule has 1 saturated carbocycles. The van der Waals surface area contributed by atoms with Gasteiger partial charge in [0.2, 0.25) is 5.91 Å². The fourth-order valence-corrected chi connectivity index (χ4v) is 3.60. The molecule has 0 radical (unpaired) electrons. The average molecular weight is 349 g/mol. The molecule has 3 N–H and O–H groups in total. The fraction of sp³-hybridized carbons (Fsp3) is 0.333. The molecule has 0 saturated heterocycles. The van der Waals surface area contributed by atoms with Gasteiger partial charge in [0, 0.05) is 13.0 Å². The van der Waals surface area contributed by atoms with E-state index in [0.29, 0.717) is 18.3 Å². The molecule has 0 bridgehead atoms. The highest BCUT2D eigenvalue weighted by Gasteiger charge is 2.37. The Morgan fingerprint density at radius 3 is 2.73 bits per heavy atom. The van der Waals surface area contributed by atoms with Gasteiger partial charge in [-0.3, -0.25) is 4.79 Å². The first kappa shape index (κ1) is 16.6. The number of H-pyrrole nitrogens is 2. The predicted molar refractivity (Wildman–Crippen MR) is 102 cm³/mol. The quantitative estimate of drug-likeness (QED) is 0.613. The molecule has 1 aliphatic rings. The standard InChI is InChI=1S/C21H23N3O2/c25-20(22-13-16-12-17(16)15-6-2-1-3-7-15)8-4-5-14-9-10-18-19(11-14)24-21(26)23-18/h1-3,6-7,9-11,16-17H,4-5,8,12-13H2,(H,22,25)(H2,23,24,26). The van der Waals surface area contributed by atoms with Crippen LogP contribution in [0.3, 0.4) is 0 Å². The number of hydrogen-bond acceptors (Lipinski definition) is 2. The van der Waals surface area contributed by atoms with E-state index < -0.39 is 0 Å². The van der Waals surface area contributed by atoms with E-state index in [9.17, 15) is 9.59 Å². The number of fused-ring (bicyclic) bond motifs is 1. The van der Waals surface area contributed by atoms with Gasteiger partial charge in [-0.25, -0.2) is 4.79 Å². The van der Waals surface area contributed by atoms with E-state index in [0.717, 1.165) is 36.0 Å². The molecule has 2 unspecified atom stereocenters. The molecular weight excluding hydrogens is 326 g/mol. The number of hydrogen-bond donors (Lipinski definition) is 3. The summed E-state index contributed by atoms with van der Waals surface area (Å²) in [6, 6.07) is 16.4. The van der Waals surface area contributed by atoms with Crippen molar-refractivity contribution < 1.29 is 4.79 Å². The number of amides is 1. The van der Waals surface area contributed by atoms with Crippen LogP contribution in [0.1, 0.15) is 36.3 Å². The molecule has 1 amide bonds. The van der Waals surface area contributed by atoms with E-state index in [2.05, 4.69) is 39.6 Å². The Bertz CT molecular complexity index is 958. The number of rotatable bonds is 7. The van der Waals surface area contributed by atoms with Gasteiger partial charge in [0.1, 0.15) is 0 Å². The minimum absolute atomic E-state index is 0.125. The molecule has 0 aliphatic heterocycles. The number of carbonyl (C=O) groups excluding carboxylic acids is 1. The predicted octanol–water partition coefficient (Wildman–Crippen LogP) is 3.10. The van der Waals surface area contributed by atoms with Crippen LogP contribution in [0.4, 0.5) is 0 Å². The van der Waals surface area contributed by atoms with E-state index >= 15 is 0 Å². The van der Waals surface area contributed by atoms with Crippen molar-refractivity contribution >= 4 is 16.9 Å². The summed E-state index contributed by atoms with van der Waals surface area (Å²) in [6.07, 6.45) is 3.33. The van der Waals surface area contributed by atoms with E-state index in [1.165, 1.54) is 12.0 Å². The normalized spacial score (nSPS) is 18.8. The molecule has 2 aromatic carbocycles. The maximum absolute atomic E-state index is 12.1. The summed E-state index contributed by atoms with van der Waals surface area (Å²) >= 11 is 0. The van der Waals surface area contributed by atoms with Crippen LogP contribution in [0.15, 0.2) is 53.3 Å². The number of imidazole rings is 1. The molecule has 4 rings (SSSR count). The second-order valence-electron chi connectivity index (χ2n) is 7.13.